The largest absolute Gasteiger partial charge is 0.497 e. The summed E-state index contributed by atoms with van der Waals surface area (Å²) in [6, 6.07) is 7.68. The molecule has 3 aromatic heterocycles. The summed E-state index contributed by atoms with van der Waals surface area (Å²) in [5.41, 5.74) is 2.84. The van der Waals surface area contributed by atoms with Crippen LogP contribution >= 0.6 is 0 Å². The van der Waals surface area contributed by atoms with Crippen LogP contribution < -0.4 is 16.0 Å². The monoisotopic (exact) mass is 452 g/mol. The minimum Gasteiger partial charge on any atom is -0.497 e. The molecule has 5 rings (SSSR count). The summed E-state index contributed by atoms with van der Waals surface area (Å²) in [5, 5.41) is 0. The van der Waals surface area contributed by atoms with Gasteiger partial charge in [0, 0.05) is 50.7 Å². The van der Waals surface area contributed by atoms with E-state index in [9.17, 15) is 9.59 Å². The van der Waals surface area contributed by atoms with Gasteiger partial charge in [-0.1, -0.05) is 6.07 Å². The zero-order valence-electron chi connectivity index (χ0n) is 19.4. The molecule has 1 aliphatic rings. The first-order chi connectivity index (χ1) is 15.9. The Kier molecular flexibility index (Phi) is 5.34. The summed E-state index contributed by atoms with van der Waals surface area (Å²) in [4.78, 5) is 33.6. The highest BCUT2D eigenvalue weighted by atomic mass is 16.5. The zero-order valence-corrected chi connectivity index (χ0v) is 19.4. The third-order valence-corrected chi connectivity index (χ3v) is 6.57. The van der Waals surface area contributed by atoms with Crippen molar-refractivity contribution in [3.8, 4) is 11.4 Å². The second kappa shape index (κ2) is 8.20. The third kappa shape index (κ3) is 3.37. The number of nitrogens with zero attached hydrogens (tertiary/aromatic N) is 6. The minimum atomic E-state index is -0.358. The lowest BCUT2D eigenvalue weighted by molar-refractivity contribution is 0.0361. The molecule has 4 aromatic rings. The van der Waals surface area contributed by atoms with E-state index in [1.807, 2.05) is 47.1 Å². The van der Waals surface area contributed by atoms with Gasteiger partial charge in [-0.3, -0.25) is 27.8 Å². The normalized spacial score (nSPS) is 15.0. The van der Waals surface area contributed by atoms with E-state index < -0.39 is 0 Å². The number of imidazole rings is 2. The Morgan fingerprint density at radius 2 is 1.85 bits per heavy atom. The second-order valence-corrected chi connectivity index (χ2v) is 8.38. The van der Waals surface area contributed by atoms with E-state index in [1.165, 1.54) is 9.13 Å². The summed E-state index contributed by atoms with van der Waals surface area (Å²) < 4.78 is 17.4. The van der Waals surface area contributed by atoms with Crippen molar-refractivity contribution in [2.45, 2.75) is 20.4 Å². The molecule has 174 valence electrons. The van der Waals surface area contributed by atoms with Gasteiger partial charge in [0.2, 0.25) is 5.78 Å². The van der Waals surface area contributed by atoms with Gasteiger partial charge in [0.15, 0.2) is 11.2 Å². The van der Waals surface area contributed by atoms with Gasteiger partial charge in [-0.2, -0.15) is 4.98 Å². The van der Waals surface area contributed by atoms with E-state index in [-0.39, 0.29) is 11.2 Å². The predicted molar refractivity (Wildman–Crippen MR) is 125 cm³/mol. The fraction of sp³-hybridized carbons (Fsp3) is 0.435. The lowest BCUT2D eigenvalue weighted by Gasteiger charge is -2.26. The van der Waals surface area contributed by atoms with Gasteiger partial charge < -0.3 is 9.47 Å². The molecule has 0 atom stereocenters. The maximum absolute atomic E-state index is 13.6. The Bertz CT molecular complexity index is 1470. The Morgan fingerprint density at radius 3 is 2.58 bits per heavy atom. The van der Waals surface area contributed by atoms with Gasteiger partial charge >= 0.3 is 5.69 Å². The molecule has 1 fully saturated rings. The summed E-state index contributed by atoms with van der Waals surface area (Å²) in [6.45, 7) is 7.85. The standard InChI is InChI=1S/C23H28N6O4/c1-15-16(2)29-19-20(24-22(29)28(15)17-6-5-7-18(14-17)32-4)25(3)23(31)27(21(19)30)9-8-26-10-12-33-13-11-26/h5-7,14H,8-13H2,1-4H3. The summed E-state index contributed by atoms with van der Waals surface area (Å²) in [7, 11) is 3.29. The van der Waals surface area contributed by atoms with Crippen LogP contribution in [0.3, 0.4) is 0 Å². The molecule has 0 saturated carbocycles. The van der Waals surface area contributed by atoms with Gasteiger partial charge in [-0.05, 0) is 26.0 Å². The molecule has 0 spiro atoms. The number of rotatable bonds is 5. The topological polar surface area (TPSA) is 87.9 Å². The van der Waals surface area contributed by atoms with Crippen molar-refractivity contribution in [1.82, 2.24) is 28.0 Å². The van der Waals surface area contributed by atoms with Gasteiger partial charge in [0.1, 0.15) is 5.75 Å². The second-order valence-electron chi connectivity index (χ2n) is 8.38. The van der Waals surface area contributed by atoms with Crippen molar-refractivity contribution >= 4 is 16.9 Å². The van der Waals surface area contributed by atoms with E-state index in [4.69, 9.17) is 14.5 Å². The molecule has 1 saturated heterocycles. The van der Waals surface area contributed by atoms with Crippen LogP contribution in [-0.4, -0.2) is 67.9 Å². The average Bonchev–Trinajstić information content (AvgIpc) is 3.33. The molecule has 10 nitrogen and oxygen atoms in total. The Balaban J connectivity index is 1.70. The first-order valence-electron chi connectivity index (χ1n) is 11.1. The number of methoxy groups -OCH3 is 1. The van der Waals surface area contributed by atoms with E-state index in [0.29, 0.717) is 43.2 Å². The van der Waals surface area contributed by atoms with Crippen LogP contribution in [0.25, 0.3) is 22.6 Å². The van der Waals surface area contributed by atoms with Gasteiger partial charge in [-0.25, -0.2) is 4.79 Å². The zero-order chi connectivity index (χ0) is 23.3. The number of hydrogen-bond acceptors (Lipinski definition) is 6. The third-order valence-electron chi connectivity index (χ3n) is 6.57. The maximum Gasteiger partial charge on any atom is 0.332 e. The number of fused-ring (bicyclic) bond motifs is 3. The van der Waals surface area contributed by atoms with Crippen molar-refractivity contribution in [3.05, 3.63) is 56.5 Å². The first kappa shape index (κ1) is 21.5. The maximum atomic E-state index is 13.6. The molecule has 0 amide bonds. The fourth-order valence-corrected chi connectivity index (χ4v) is 4.57. The molecular formula is C23H28N6O4. The van der Waals surface area contributed by atoms with Crippen LogP contribution in [0.15, 0.2) is 33.9 Å². The van der Waals surface area contributed by atoms with Gasteiger partial charge in [0.25, 0.3) is 5.56 Å². The highest BCUT2D eigenvalue weighted by molar-refractivity contribution is 5.77. The van der Waals surface area contributed by atoms with Crippen LogP contribution in [0.1, 0.15) is 11.4 Å². The predicted octanol–water partition coefficient (Wildman–Crippen LogP) is 1.10. The smallest absolute Gasteiger partial charge is 0.332 e. The molecule has 0 N–H and O–H groups in total. The van der Waals surface area contributed by atoms with Crippen LogP contribution in [0.5, 0.6) is 5.75 Å². The van der Waals surface area contributed by atoms with Crippen molar-refractivity contribution in [2.24, 2.45) is 7.05 Å². The van der Waals surface area contributed by atoms with Gasteiger partial charge in [-0.15, -0.1) is 0 Å². The molecule has 0 bridgehead atoms. The number of hydrogen-bond donors (Lipinski definition) is 0. The minimum absolute atomic E-state index is 0.320. The Morgan fingerprint density at radius 1 is 1.09 bits per heavy atom. The molecular weight excluding hydrogens is 424 g/mol. The van der Waals surface area contributed by atoms with E-state index >= 15 is 0 Å². The number of morpholine rings is 1. The molecule has 4 heterocycles. The summed E-state index contributed by atoms with van der Waals surface area (Å²) >= 11 is 0. The van der Waals surface area contributed by atoms with Crippen molar-refractivity contribution in [3.63, 3.8) is 0 Å². The molecule has 0 unspecified atom stereocenters. The molecule has 1 aliphatic heterocycles. The van der Waals surface area contributed by atoms with E-state index in [2.05, 4.69) is 4.90 Å². The lowest BCUT2D eigenvalue weighted by Crippen LogP contribution is -2.44. The van der Waals surface area contributed by atoms with Crippen molar-refractivity contribution < 1.29 is 9.47 Å². The summed E-state index contributed by atoms with van der Waals surface area (Å²) in [5.74, 6) is 1.32. The molecule has 0 radical (unpaired) electrons. The van der Waals surface area contributed by atoms with Crippen LogP contribution in [-0.2, 0) is 18.3 Å². The average molecular weight is 453 g/mol. The van der Waals surface area contributed by atoms with Crippen LogP contribution in [0.4, 0.5) is 0 Å². The fourth-order valence-electron chi connectivity index (χ4n) is 4.57. The Labute approximate surface area is 190 Å². The summed E-state index contributed by atoms with van der Waals surface area (Å²) in [6.07, 6.45) is 0. The van der Waals surface area contributed by atoms with E-state index in [0.717, 1.165) is 35.9 Å². The van der Waals surface area contributed by atoms with Gasteiger partial charge in [0.05, 0.1) is 26.0 Å². The molecule has 0 aliphatic carbocycles. The molecule has 1 aromatic carbocycles. The first-order valence-corrected chi connectivity index (χ1v) is 11.1. The Hall–Kier alpha value is -3.37. The number of aromatic nitrogens is 5. The highest BCUT2D eigenvalue weighted by Gasteiger charge is 2.23. The lowest BCUT2D eigenvalue weighted by atomic mass is 10.3. The number of ether oxygens (including phenoxy) is 2. The molecule has 10 heteroatoms. The number of aryl methyl sites for hydroxylation is 2. The van der Waals surface area contributed by atoms with Crippen LogP contribution in [0, 0.1) is 13.8 Å². The number of benzene rings is 1. The van der Waals surface area contributed by atoms with Crippen molar-refractivity contribution in [2.75, 3.05) is 40.0 Å². The van der Waals surface area contributed by atoms with Crippen molar-refractivity contribution in [1.29, 1.82) is 0 Å². The highest BCUT2D eigenvalue weighted by Crippen LogP contribution is 2.26. The SMILES string of the molecule is COc1cccc(-n2c(C)c(C)n3c4c(=O)n(CCN5CCOCC5)c(=O)n(C)c4nc23)c1. The molecule has 33 heavy (non-hydrogen) atoms. The van der Waals surface area contributed by atoms with E-state index in [1.54, 1.807) is 14.2 Å². The van der Waals surface area contributed by atoms with Crippen LogP contribution in [0.2, 0.25) is 0 Å². The quantitative estimate of drug-likeness (QED) is 0.451.